The Morgan fingerprint density at radius 3 is 2.25 bits per heavy atom. The van der Waals surface area contributed by atoms with Crippen molar-refractivity contribution in [2.45, 2.75) is 39.0 Å². The summed E-state index contributed by atoms with van der Waals surface area (Å²) in [6, 6.07) is 6.41. The van der Waals surface area contributed by atoms with Crippen LogP contribution < -0.4 is 10.6 Å². The number of rotatable bonds is 1. The van der Waals surface area contributed by atoms with E-state index < -0.39 is 0 Å². The second-order valence-electron chi connectivity index (χ2n) is 4.80. The average molecular weight is 218 g/mol. The summed E-state index contributed by atoms with van der Waals surface area (Å²) in [6.07, 6.45) is 6.82. The van der Waals surface area contributed by atoms with Crippen molar-refractivity contribution in [2.75, 3.05) is 23.7 Å². The lowest BCUT2D eigenvalue weighted by Gasteiger charge is -2.27. The zero-order chi connectivity index (χ0) is 11.4. The molecule has 1 aliphatic rings. The SMILES string of the molecule is Cc1cc(N2CCCCCCC2)ccc1N. The van der Waals surface area contributed by atoms with Gasteiger partial charge in [-0.15, -0.1) is 0 Å². The highest BCUT2D eigenvalue weighted by atomic mass is 15.1. The number of hydrogen-bond donors (Lipinski definition) is 1. The molecule has 1 heterocycles. The zero-order valence-electron chi connectivity index (χ0n) is 10.2. The number of aryl methyl sites for hydroxylation is 1. The molecular formula is C14H22N2. The van der Waals surface area contributed by atoms with Crippen LogP contribution in [0.1, 0.15) is 37.7 Å². The van der Waals surface area contributed by atoms with Crippen molar-refractivity contribution >= 4 is 11.4 Å². The molecule has 2 rings (SSSR count). The van der Waals surface area contributed by atoms with Crippen LogP contribution in [0.3, 0.4) is 0 Å². The van der Waals surface area contributed by atoms with Crippen LogP contribution in [0.4, 0.5) is 11.4 Å². The van der Waals surface area contributed by atoms with Gasteiger partial charge in [-0.2, -0.15) is 0 Å². The zero-order valence-corrected chi connectivity index (χ0v) is 10.2. The largest absolute Gasteiger partial charge is 0.399 e. The maximum absolute atomic E-state index is 5.86. The van der Waals surface area contributed by atoms with Gasteiger partial charge in [0.15, 0.2) is 0 Å². The van der Waals surface area contributed by atoms with Crippen LogP contribution in [0, 0.1) is 6.92 Å². The Hall–Kier alpha value is -1.18. The number of nitrogens with two attached hydrogens (primary N) is 1. The molecule has 0 amide bonds. The first-order valence-corrected chi connectivity index (χ1v) is 6.38. The number of hydrogen-bond acceptors (Lipinski definition) is 2. The van der Waals surface area contributed by atoms with E-state index in [9.17, 15) is 0 Å². The van der Waals surface area contributed by atoms with Crippen molar-refractivity contribution < 1.29 is 0 Å². The minimum atomic E-state index is 0.899. The molecule has 0 spiro atoms. The third-order valence-corrected chi connectivity index (χ3v) is 3.47. The summed E-state index contributed by atoms with van der Waals surface area (Å²) in [7, 11) is 0. The Labute approximate surface area is 98.4 Å². The average Bonchev–Trinajstić information content (AvgIpc) is 2.22. The predicted molar refractivity (Wildman–Crippen MR) is 70.9 cm³/mol. The summed E-state index contributed by atoms with van der Waals surface area (Å²) in [4.78, 5) is 2.51. The van der Waals surface area contributed by atoms with Crippen molar-refractivity contribution in [3.8, 4) is 0 Å². The molecule has 1 saturated heterocycles. The smallest absolute Gasteiger partial charge is 0.0370 e. The van der Waals surface area contributed by atoms with E-state index in [-0.39, 0.29) is 0 Å². The van der Waals surface area contributed by atoms with Crippen LogP contribution in [0.25, 0.3) is 0 Å². The molecule has 0 bridgehead atoms. The normalized spacial score (nSPS) is 17.9. The van der Waals surface area contributed by atoms with Crippen LogP contribution in [0.5, 0.6) is 0 Å². The molecule has 0 aliphatic carbocycles. The van der Waals surface area contributed by atoms with E-state index in [4.69, 9.17) is 5.73 Å². The Morgan fingerprint density at radius 1 is 1.00 bits per heavy atom. The number of benzene rings is 1. The first kappa shape index (κ1) is 11.3. The summed E-state index contributed by atoms with van der Waals surface area (Å²) in [5.74, 6) is 0. The molecule has 1 aliphatic heterocycles. The Morgan fingerprint density at radius 2 is 1.62 bits per heavy atom. The maximum Gasteiger partial charge on any atom is 0.0370 e. The van der Waals surface area contributed by atoms with Gasteiger partial charge in [0.05, 0.1) is 0 Å². The fraction of sp³-hybridized carbons (Fsp3) is 0.571. The molecule has 0 aromatic heterocycles. The van der Waals surface area contributed by atoms with E-state index in [0.29, 0.717) is 0 Å². The van der Waals surface area contributed by atoms with E-state index >= 15 is 0 Å². The molecule has 88 valence electrons. The van der Waals surface area contributed by atoms with Gasteiger partial charge in [-0.1, -0.05) is 19.3 Å². The molecule has 1 aromatic rings. The Kier molecular flexibility index (Phi) is 3.70. The van der Waals surface area contributed by atoms with Crippen LogP contribution in [-0.2, 0) is 0 Å². The second kappa shape index (κ2) is 5.24. The van der Waals surface area contributed by atoms with Crippen molar-refractivity contribution in [3.63, 3.8) is 0 Å². The highest BCUT2D eigenvalue weighted by Crippen LogP contribution is 2.23. The molecule has 0 atom stereocenters. The minimum absolute atomic E-state index is 0.899. The quantitative estimate of drug-likeness (QED) is 0.732. The van der Waals surface area contributed by atoms with Crippen molar-refractivity contribution in [1.82, 2.24) is 0 Å². The standard InChI is InChI=1S/C14H22N2/c1-12-11-13(7-8-14(12)15)16-9-5-3-2-4-6-10-16/h7-8,11H,2-6,9-10,15H2,1H3. The maximum atomic E-state index is 5.86. The van der Waals surface area contributed by atoms with E-state index in [1.165, 1.54) is 56.4 Å². The number of nitrogens with zero attached hydrogens (tertiary/aromatic N) is 1. The fourth-order valence-electron chi connectivity index (χ4n) is 2.36. The lowest BCUT2D eigenvalue weighted by Crippen LogP contribution is -2.27. The third-order valence-electron chi connectivity index (χ3n) is 3.47. The van der Waals surface area contributed by atoms with Gasteiger partial charge in [0, 0.05) is 24.5 Å². The van der Waals surface area contributed by atoms with E-state index in [2.05, 4.69) is 24.0 Å². The Balaban J connectivity index is 2.11. The third kappa shape index (κ3) is 2.69. The van der Waals surface area contributed by atoms with E-state index in [1.54, 1.807) is 0 Å². The predicted octanol–water partition coefficient (Wildman–Crippen LogP) is 3.35. The van der Waals surface area contributed by atoms with Crippen LogP contribution in [0.2, 0.25) is 0 Å². The van der Waals surface area contributed by atoms with Gasteiger partial charge in [-0.25, -0.2) is 0 Å². The summed E-state index contributed by atoms with van der Waals surface area (Å²) in [5, 5.41) is 0. The number of nitrogen functional groups attached to an aromatic ring is 1. The van der Waals surface area contributed by atoms with Crippen molar-refractivity contribution in [3.05, 3.63) is 23.8 Å². The van der Waals surface area contributed by atoms with Crippen molar-refractivity contribution in [1.29, 1.82) is 0 Å². The molecule has 1 aromatic carbocycles. The lowest BCUT2D eigenvalue weighted by atomic mass is 10.1. The summed E-state index contributed by atoms with van der Waals surface area (Å²) in [5.41, 5.74) is 9.29. The van der Waals surface area contributed by atoms with Gasteiger partial charge in [-0.05, 0) is 43.5 Å². The van der Waals surface area contributed by atoms with Gasteiger partial charge in [0.25, 0.3) is 0 Å². The molecule has 2 heteroatoms. The molecule has 2 N–H and O–H groups in total. The van der Waals surface area contributed by atoms with Gasteiger partial charge in [0.1, 0.15) is 0 Å². The van der Waals surface area contributed by atoms with Gasteiger partial charge < -0.3 is 10.6 Å². The highest BCUT2D eigenvalue weighted by molar-refractivity contribution is 5.58. The first-order chi connectivity index (χ1) is 7.77. The summed E-state index contributed by atoms with van der Waals surface area (Å²) in [6.45, 7) is 4.48. The van der Waals surface area contributed by atoms with Crippen LogP contribution in [0.15, 0.2) is 18.2 Å². The van der Waals surface area contributed by atoms with Crippen molar-refractivity contribution in [2.24, 2.45) is 0 Å². The van der Waals surface area contributed by atoms with Gasteiger partial charge in [-0.3, -0.25) is 0 Å². The van der Waals surface area contributed by atoms with E-state index in [0.717, 1.165) is 5.69 Å². The summed E-state index contributed by atoms with van der Waals surface area (Å²) < 4.78 is 0. The second-order valence-corrected chi connectivity index (χ2v) is 4.80. The van der Waals surface area contributed by atoms with E-state index in [1.807, 2.05) is 6.07 Å². The number of anilines is 2. The molecule has 2 nitrogen and oxygen atoms in total. The monoisotopic (exact) mass is 218 g/mol. The highest BCUT2D eigenvalue weighted by Gasteiger charge is 2.09. The minimum Gasteiger partial charge on any atom is -0.399 e. The molecule has 1 fully saturated rings. The fourth-order valence-corrected chi connectivity index (χ4v) is 2.36. The van der Waals surface area contributed by atoms with Gasteiger partial charge in [0.2, 0.25) is 0 Å². The molecular weight excluding hydrogens is 196 g/mol. The molecule has 0 saturated carbocycles. The lowest BCUT2D eigenvalue weighted by molar-refractivity contribution is 0.556. The Bertz CT molecular complexity index is 339. The van der Waals surface area contributed by atoms with Crippen LogP contribution in [-0.4, -0.2) is 13.1 Å². The molecule has 16 heavy (non-hydrogen) atoms. The summed E-state index contributed by atoms with van der Waals surface area (Å²) >= 11 is 0. The topological polar surface area (TPSA) is 29.3 Å². The first-order valence-electron chi connectivity index (χ1n) is 6.38. The molecule has 0 radical (unpaired) electrons. The van der Waals surface area contributed by atoms with Crippen LogP contribution >= 0.6 is 0 Å². The molecule has 0 unspecified atom stereocenters. The van der Waals surface area contributed by atoms with Gasteiger partial charge >= 0.3 is 0 Å².